The summed E-state index contributed by atoms with van der Waals surface area (Å²) in [6.45, 7) is 2.96. The van der Waals surface area contributed by atoms with E-state index in [2.05, 4.69) is 22.0 Å². The molecule has 0 radical (unpaired) electrons. The van der Waals surface area contributed by atoms with Crippen LogP contribution >= 0.6 is 11.3 Å². The molecule has 2 N–H and O–H groups in total. The second-order valence-electron chi connectivity index (χ2n) is 4.07. The highest BCUT2D eigenvalue weighted by molar-refractivity contribution is 7.16. The Labute approximate surface area is 113 Å². The van der Waals surface area contributed by atoms with Gasteiger partial charge in [-0.2, -0.15) is 10.1 Å². The van der Waals surface area contributed by atoms with Gasteiger partial charge in [0.2, 0.25) is 11.8 Å². The first kappa shape index (κ1) is 11.9. The first-order chi connectivity index (χ1) is 9.26. The number of nitrogen functional groups attached to an aromatic ring is 1. The number of aromatic nitrogens is 4. The van der Waals surface area contributed by atoms with E-state index in [1.54, 1.807) is 6.20 Å². The van der Waals surface area contributed by atoms with Gasteiger partial charge in [0.15, 0.2) is 5.75 Å². The fraction of sp³-hybridized carbons (Fsp3) is 0.250. The fourth-order valence-electron chi connectivity index (χ4n) is 1.78. The van der Waals surface area contributed by atoms with E-state index in [-0.39, 0.29) is 5.95 Å². The lowest BCUT2D eigenvalue weighted by molar-refractivity contribution is 0.467. The lowest BCUT2D eigenvalue weighted by Gasteiger charge is -2.03. The molecule has 0 aliphatic rings. The van der Waals surface area contributed by atoms with Gasteiger partial charge in [-0.25, -0.2) is 4.98 Å². The standard InChI is InChI=1S/C12H13N5OS/c1-2-4-17-7-8(6-14-17)18-10-9-3-5-19-11(9)16-12(13)15-10/h3,5-7H,2,4H2,1H3,(H2,13,15,16). The van der Waals surface area contributed by atoms with Gasteiger partial charge in [-0.15, -0.1) is 11.3 Å². The number of thiophene rings is 1. The summed E-state index contributed by atoms with van der Waals surface area (Å²) in [5.74, 6) is 1.34. The lowest BCUT2D eigenvalue weighted by Crippen LogP contribution is -1.97. The molecular weight excluding hydrogens is 262 g/mol. The molecule has 0 saturated carbocycles. The third-order valence-corrected chi connectivity index (χ3v) is 3.39. The van der Waals surface area contributed by atoms with Crippen molar-refractivity contribution in [2.75, 3.05) is 5.73 Å². The Morgan fingerprint density at radius 3 is 3.16 bits per heavy atom. The van der Waals surface area contributed by atoms with E-state index in [1.165, 1.54) is 11.3 Å². The molecule has 0 atom stereocenters. The highest BCUT2D eigenvalue weighted by Crippen LogP contribution is 2.30. The molecule has 0 amide bonds. The first-order valence-electron chi connectivity index (χ1n) is 5.97. The van der Waals surface area contributed by atoms with Crippen LogP contribution < -0.4 is 10.5 Å². The molecule has 0 aliphatic heterocycles. The summed E-state index contributed by atoms with van der Waals surface area (Å²) < 4.78 is 7.59. The van der Waals surface area contributed by atoms with Crippen molar-refractivity contribution in [1.82, 2.24) is 19.7 Å². The van der Waals surface area contributed by atoms with Gasteiger partial charge in [0.25, 0.3) is 0 Å². The molecule has 0 aromatic carbocycles. The molecule has 3 aromatic rings. The molecule has 7 heteroatoms. The van der Waals surface area contributed by atoms with Crippen molar-refractivity contribution >= 4 is 27.5 Å². The quantitative estimate of drug-likeness (QED) is 0.792. The van der Waals surface area contributed by atoms with E-state index in [0.717, 1.165) is 23.2 Å². The molecule has 3 heterocycles. The minimum absolute atomic E-state index is 0.214. The third-order valence-electron chi connectivity index (χ3n) is 2.58. The number of anilines is 1. The summed E-state index contributed by atoms with van der Waals surface area (Å²) in [6.07, 6.45) is 4.54. The van der Waals surface area contributed by atoms with Gasteiger partial charge in [-0.3, -0.25) is 4.68 Å². The third kappa shape index (κ3) is 2.37. The van der Waals surface area contributed by atoms with Crippen molar-refractivity contribution in [2.24, 2.45) is 0 Å². The van der Waals surface area contributed by atoms with E-state index in [1.807, 2.05) is 22.3 Å². The van der Waals surface area contributed by atoms with Crippen molar-refractivity contribution in [3.63, 3.8) is 0 Å². The zero-order valence-corrected chi connectivity index (χ0v) is 11.2. The number of fused-ring (bicyclic) bond motifs is 1. The highest BCUT2D eigenvalue weighted by Gasteiger charge is 2.10. The Hall–Kier alpha value is -2.15. The summed E-state index contributed by atoms with van der Waals surface area (Å²) in [4.78, 5) is 9.12. The summed E-state index contributed by atoms with van der Waals surface area (Å²) in [5.41, 5.74) is 5.67. The van der Waals surface area contributed by atoms with Gasteiger partial charge in [0, 0.05) is 6.54 Å². The number of nitrogens with zero attached hydrogens (tertiary/aromatic N) is 4. The molecule has 0 saturated heterocycles. The molecule has 0 aliphatic carbocycles. The molecular formula is C12H13N5OS. The monoisotopic (exact) mass is 275 g/mol. The van der Waals surface area contributed by atoms with E-state index >= 15 is 0 Å². The second-order valence-corrected chi connectivity index (χ2v) is 4.96. The Kier molecular flexibility index (Phi) is 3.04. The maximum Gasteiger partial charge on any atom is 0.233 e. The predicted molar refractivity (Wildman–Crippen MR) is 74.4 cm³/mol. The Bertz CT molecular complexity index is 705. The van der Waals surface area contributed by atoms with Gasteiger partial charge < -0.3 is 10.5 Å². The van der Waals surface area contributed by atoms with E-state index in [9.17, 15) is 0 Å². The molecule has 98 valence electrons. The van der Waals surface area contributed by atoms with Crippen molar-refractivity contribution < 1.29 is 4.74 Å². The van der Waals surface area contributed by atoms with Crippen LogP contribution in [0.25, 0.3) is 10.2 Å². The number of hydrogen-bond acceptors (Lipinski definition) is 6. The number of hydrogen-bond donors (Lipinski definition) is 1. The van der Waals surface area contributed by atoms with Crippen LogP contribution in [-0.4, -0.2) is 19.7 Å². The van der Waals surface area contributed by atoms with Crippen molar-refractivity contribution in [1.29, 1.82) is 0 Å². The summed E-state index contributed by atoms with van der Waals surface area (Å²) >= 11 is 1.51. The molecule has 3 aromatic heterocycles. The normalized spacial score (nSPS) is 11.0. The van der Waals surface area contributed by atoms with Gasteiger partial charge in [-0.1, -0.05) is 6.92 Å². The fourth-order valence-corrected chi connectivity index (χ4v) is 2.54. The minimum Gasteiger partial charge on any atom is -0.435 e. The second kappa shape index (κ2) is 4.85. The Morgan fingerprint density at radius 2 is 2.32 bits per heavy atom. The van der Waals surface area contributed by atoms with Crippen LogP contribution in [0.1, 0.15) is 13.3 Å². The van der Waals surface area contributed by atoms with Crippen LogP contribution in [0.5, 0.6) is 11.6 Å². The molecule has 0 unspecified atom stereocenters. The number of ether oxygens (including phenoxy) is 1. The average Bonchev–Trinajstić information content (AvgIpc) is 2.98. The lowest BCUT2D eigenvalue weighted by atomic mass is 10.4. The molecule has 0 spiro atoms. The molecule has 6 nitrogen and oxygen atoms in total. The molecule has 0 bridgehead atoms. The summed E-state index contributed by atoms with van der Waals surface area (Å²) in [6, 6.07) is 1.92. The van der Waals surface area contributed by atoms with E-state index in [0.29, 0.717) is 11.6 Å². The van der Waals surface area contributed by atoms with Crippen LogP contribution in [0.15, 0.2) is 23.8 Å². The first-order valence-corrected chi connectivity index (χ1v) is 6.85. The SMILES string of the molecule is CCCn1cc(Oc2nc(N)nc3sccc23)cn1. The maximum atomic E-state index is 5.75. The zero-order chi connectivity index (χ0) is 13.2. The van der Waals surface area contributed by atoms with Gasteiger partial charge >= 0.3 is 0 Å². The highest BCUT2D eigenvalue weighted by atomic mass is 32.1. The number of aryl methyl sites for hydroxylation is 1. The number of nitrogens with two attached hydrogens (primary N) is 1. The van der Waals surface area contributed by atoms with Gasteiger partial charge in [0.05, 0.1) is 17.8 Å². The van der Waals surface area contributed by atoms with Crippen LogP contribution in [0.3, 0.4) is 0 Å². The average molecular weight is 275 g/mol. The van der Waals surface area contributed by atoms with Crippen LogP contribution in [0.4, 0.5) is 5.95 Å². The van der Waals surface area contributed by atoms with E-state index in [4.69, 9.17) is 10.5 Å². The van der Waals surface area contributed by atoms with Crippen molar-refractivity contribution in [2.45, 2.75) is 19.9 Å². The van der Waals surface area contributed by atoms with Gasteiger partial charge in [0.1, 0.15) is 4.83 Å². The largest absolute Gasteiger partial charge is 0.435 e. The molecule has 19 heavy (non-hydrogen) atoms. The van der Waals surface area contributed by atoms with Crippen molar-refractivity contribution in [3.05, 3.63) is 23.8 Å². The molecule has 3 rings (SSSR count). The van der Waals surface area contributed by atoms with Crippen LogP contribution in [-0.2, 0) is 6.54 Å². The van der Waals surface area contributed by atoms with Crippen LogP contribution in [0.2, 0.25) is 0 Å². The smallest absolute Gasteiger partial charge is 0.233 e. The Morgan fingerprint density at radius 1 is 1.42 bits per heavy atom. The Balaban J connectivity index is 1.93. The van der Waals surface area contributed by atoms with Crippen molar-refractivity contribution in [3.8, 4) is 11.6 Å². The maximum absolute atomic E-state index is 5.75. The predicted octanol–water partition coefficient (Wildman–Crippen LogP) is 2.67. The van der Waals surface area contributed by atoms with E-state index < -0.39 is 0 Å². The topological polar surface area (TPSA) is 78.9 Å². The summed E-state index contributed by atoms with van der Waals surface area (Å²) in [7, 11) is 0. The minimum atomic E-state index is 0.214. The molecule has 0 fully saturated rings. The van der Waals surface area contributed by atoms with Gasteiger partial charge in [-0.05, 0) is 17.9 Å². The number of rotatable bonds is 4. The summed E-state index contributed by atoms with van der Waals surface area (Å²) in [5, 5.41) is 7.01. The zero-order valence-electron chi connectivity index (χ0n) is 10.4. The van der Waals surface area contributed by atoms with Crippen LogP contribution in [0, 0.1) is 0 Å².